The Hall–Kier alpha value is -2.16. The largest absolute Gasteiger partial charge is 0.374 e. The van der Waals surface area contributed by atoms with Gasteiger partial charge in [-0.15, -0.1) is 0 Å². The van der Waals surface area contributed by atoms with Crippen LogP contribution >= 0.6 is 0 Å². The van der Waals surface area contributed by atoms with Gasteiger partial charge in [0.25, 0.3) is 0 Å². The molecule has 0 saturated carbocycles. The third kappa shape index (κ3) is 2.24. The first-order chi connectivity index (χ1) is 9.13. The van der Waals surface area contributed by atoms with E-state index in [4.69, 9.17) is 0 Å². The number of ketones is 1. The minimum absolute atomic E-state index is 0.0567. The number of fused-ring (bicyclic) bond motifs is 1. The van der Waals surface area contributed by atoms with Gasteiger partial charge in [-0.25, -0.2) is 4.39 Å². The Balaban J connectivity index is 1.87. The molecule has 1 N–H and O–H groups in total. The number of benzene rings is 2. The second-order valence-electron chi connectivity index (χ2n) is 4.94. The fourth-order valence-corrected chi connectivity index (χ4v) is 2.54. The highest BCUT2D eigenvalue weighted by Crippen LogP contribution is 2.27. The number of carbonyl (C=O) groups excluding carboxylic acids is 1. The van der Waals surface area contributed by atoms with Crippen molar-refractivity contribution in [1.82, 2.24) is 0 Å². The number of rotatable bonds is 2. The van der Waals surface area contributed by atoms with Crippen LogP contribution in [0.2, 0.25) is 0 Å². The van der Waals surface area contributed by atoms with Crippen molar-refractivity contribution in [3.05, 3.63) is 65.0 Å². The third-order valence-corrected chi connectivity index (χ3v) is 3.41. The second-order valence-corrected chi connectivity index (χ2v) is 4.94. The number of anilines is 1. The van der Waals surface area contributed by atoms with Gasteiger partial charge in [-0.05, 0) is 42.3 Å². The normalized spacial score (nSPS) is 16.8. The maximum atomic E-state index is 13.4. The number of hydrogen-bond acceptors (Lipinski definition) is 2. The quantitative estimate of drug-likeness (QED) is 0.834. The Morgan fingerprint density at radius 3 is 2.79 bits per heavy atom. The van der Waals surface area contributed by atoms with Gasteiger partial charge in [0.1, 0.15) is 5.82 Å². The number of nitrogens with one attached hydrogen (secondary N) is 1. The molecule has 1 unspecified atom stereocenters. The molecule has 0 aliphatic carbocycles. The average molecular weight is 255 g/mol. The van der Waals surface area contributed by atoms with Gasteiger partial charge in [0, 0.05) is 17.7 Å². The lowest BCUT2D eigenvalue weighted by molar-refractivity contribution is 0.0971. The molecule has 2 aromatic rings. The summed E-state index contributed by atoms with van der Waals surface area (Å²) >= 11 is 0. The van der Waals surface area contributed by atoms with E-state index in [1.807, 2.05) is 24.3 Å². The molecule has 0 radical (unpaired) electrons. The van der Waals surface area contributed by atoms with Crippen LogP contribution < -0.4 is 5.32 Å². The molecule has 0 saturated heterocycles. The minimum Gasteiger partial charge on any atom is -0.374 e. The fourth-order valence-electron chi connectivity index (χ4n) is 2.54. The first kappa shape index (κ1) is 11.9. The molecule has 96 valence electrons. The van der Waals surface area contributed by atoms with Gasteiger partial charge in [-0.3, -0.25) is 4.79 Å². The van der Waals surface area contributed by atoms with Crippen molar-refractivity contribution >= 4 is 11.5 Å². The van der Waals surface area contributed by atoms with Crippen LogP contribution in [0, 0.1) is 12.7 Å². The zero-order chi connectivity index (χ0) is 13.4. The van der Waals surface area contributed by atoms with E-state index in [2.05, 4.69) is 5.32 Å². The highest BCUT2D eigenvalue weighted by molar-refractivity contribution is 6.03. The maximum Gasteiger partial charge on any atom is 0.185 e. The van der Waals surface area contributed by atoms with E-state index in [1.165, 1.54) is 12.1 Å². The molecule has 1 atom stereocenters. The molecule has 3 heteroatoms. The first-order valence-corrected chi connectivity index (χ1v) is 6.29. The molecule has 3 rings (SSSR count). The molecule has 1 aliphatic heterocycles. The van der Waals surface area contributed by atoms with Crippen molar-refractivity contribution in [2.24, 2.45) is 0 Å². The molecular weight excluding hydrogens is 241 g/mol. The van der Waals surface area contributed by atoms with Crippen LogP contribution in [0.3, 0.4) is 0 Å². The summed E-state index contributed by atoms with van der Waals surface area (Å²) in [5, 5.41) is 3.20. The van der Waals surface area contributed by atoms with Crippen LogP contribution in [-0.4, -0.2) is 11.8 Å². The van der Waals surface area contributed by atoms with Gasteiger partial charge < -0.3 is 5.32 Å². The highest BCUT2D eigenvalue weighted by Gasteiger charge is 2.27. The third-order valence-electron chi connectivity index (χ3n) is 3.41. The summed E-state index contributed by atoms with van der Waals surface area (Å²) < 4.78 is 13.4. The molecule has 0 fully saturated rings. The van der Waals surface area contributed by atoms with Crippen LogP contribution in [0.4, 0.5) is 10.1 Å². The maximum absolute atomic E-state index is 13.4. The monoisotopic (exact) mass is 255 g/mol. The SMILES string of the molecule is Cc1cc(F)cc(C(=O)C2Cc3ccccc3N2)c1. The summed E-state index contributed by atoms with van der Waals surface area (Å²) in [6, 6.07) is 12.0. The predicted octanol–water partition coefficient (Wildman–Crippen LogP) is 3.35. The lowest BCUT2D eigenvalue weighted by atomic mass is 9.99. The van der Waals surface area contributed by atoms with Gasteiger partial charge in [0.2, 0.25) is 0 Å². The first-order valence-electron chi connectivity index (χ1n) is 6.29. The molecular formula is C16H14FNO. The second kappa shape index (κ2) is 4.50. The lowest BCUT2D eigenvalue weighted by Crippen LogP contribution is -2.27. The van der Waals surface area contributed by atoms with E-state index in [0.717, 1.165) is 16.8 Å². The Morgan fingerprint density at radius 2 is 2.05 bits per heavy atom. The number of halogens is 1. The minimum atomic E-state index is -0.362. The highest BCUT2D eigenvalue weighted by atomic mass is 19.1. The molecule has 19 heavy (non-hydrogen) atoms. The molecule has 0 spiro atoms. The average Bonchev–Trinajstić information content (AvgIpc) is 2.80. The van der Waals surface area contributed by atoms with Crippen LogP contribution in [0.5, 0.6) is 0 Å². The summed E-state index contributed by atoms with van der Waals surface area (Å²) in [5.74, 6) is -0.419. The van der Waals surface area contributed by atoms with Crippen LogP contribution in [0.1, 0.15) is 21.5 Å². The fraction of sp³-hybridized carbons (Fsp3) is 0.188. The van der Waals surface area contributed by atoms with E-state index in [1.54, 1.807) is 13.0 Å². The van der Waals surface area contributed by atoms with Gasteiger partial charge >= 0.3 is 0 Å². The predicted molar refractivity (Wildman–Crippen MR) is 73.0 cm³/mol. The molecule has 1 aliphatic rings. The molecule has 0 aromatic heterocycles. The molecule has 0 bridgehead atoms. The molecule has 1 heterocycles. The van der Waals surface area contributed by atoms with Crippen LogP contribution in [0.25, 0.3) is 0 Å². The smallest absolute Gasteiger partial charge is 0.185 e. The molecule has 2 nitrogen and oxygen atoms in total. The summed E-state index contributed by atoms with van der Waals surface area (Å²) in [6.07, 6.45) is 0.657. The topological polar surface area (TPSA) is 29.1 Å². The lowest BCUT2D eigenvalue weighted by Gasteiger charge is -2.10. The van der Waals surface area contributed by atoms with Crippen molar-refractivity contribution in [2.75, 3.05) is 5.32 Å². The summed E-state index contributed by atoms with van der Waals surface area (Å²) in [7, 11) is 0. The van der Waals surface area contributed by atoms with Gasteiger partial charge in [-0.2, -0.15) is 0 Å². The van der Waals surface area contributed by atoms with Gasteiger partial charge in [0.15, 0.2) is 5.78 Å². The number of Topliss-reactive ketones (excluding diaryl/α,β-unsaturated/α-hetero) is 1. The number of para-hydroxylation sites is 1. The Labute approximate surface area is 111 Å². The van der Waals surface area contributed by atoms with E-state index in [0.29, 0.717) is 12.0 Å². The zero-order valence-corrected chi connectivity index (χ0v) is 10.6. The number of carbonyl (C=O) groups is 1. The van der Waals surface area contributed by atoms with E-state index in [-0.39, 0.29) is 17.6 Å². The Morgan fingerprint density at radius 1 is 1.26 bits per heavy atom. The summed E-state index contributed by atoms with van der Waals surface area (Å²) in [4.78, 5) is 12.4. The van der Waals surface area contributed by atoms with Crippen LogP contribution in [-0.2, 0) is 6.42 Å². The Kier molecular flexibility index (Phi) is 2.82. The Bertz CT molecular complexity index is 606. The van der Waals surface area contributed by atoms with Crippen molar-refractivity contribution < 1.29 is 9.18 Å². The van der Waals surface area contributed by atoms with E-state index >= 15 is 0 Å². The standard InChI is InChI=1S/C16H14FNO/c1-10-6-12(8-13(17)7-10)16(19)15-9-11-4-2-3-5-14(11)18-15/h2-8,15,18H,9H2,1H3. The van der Waals surface area contributed by atoms with Crippen molar-refractivity contribution in [2.45, 2.75) is 19.4 Å². The van der Waals surface area contributed by atoms with Crippen molar-refractivity contribution in [3.63, 3.8) is 0 Å². The number of hydrogen-bond donors (Lipinski definition) is 1. The van der Waals surface area contributed by atoms with E-state index in [9.17, 15) is 9.18 Å². The molecule has 2 aromatic carbocycles. The molecule has 0 amide bonds. The van der Waals surface area contributed by atoms with Gasteiger partial charge in [0.05, 0.1) is 6.04 Å². The summed E-state index contributed by atoms with van der Waals surface area (Å²) in [6.45, 7) is 1.79. The van der Waals surface area contributed by atoms with Crippen molar-refractivity contribution in [3.8, 4) is 0 Å². The number of aryl methyl sites for hydroxylation is 1. The van der Waals surface area contributed by atoms with E-state index < -0.39 is 0 Å². The van der Waals surface area contributed by atoms with Crippen molar-refractivity contribution in [1.29, 1.82) is 0 Å². The van der Waals surface area contributed by atoms with Gasteiger partial charge in [-0.1, -0.05) is 18.2 Å². The summed E-state index contributed by atoms with van der Waals surface area (Å²) in [5.41, 5.74) is 3.32. The van der Waals surface area contributed by atoms with Crippen LogP contribution in [0.15, 0.2) is 42.5 Å². The zero-order valence-electron chi connectivity index (χ0n) is 10.6.